The Kier molecular flexibility index (Phi) is 8.44. The first-order chi connectivity index (χ1) is 19.1. The minimum Gasteiger partial charge on any atom is -0.494 e. The molecular weight excluding hydrogens is 512 g/mol. The normalized spacial score (nSPS) is 12.6. The van der Waals surface area contributed by atoms with Crippen LogP contribution in [0.15, 0.2) is 103 Å². The summed E-state index contributed by atoms with van der Waals surface area (Å²) < 4.78 is 11.4. The highest BCUT2D eigenvalue weighted by Gasteiger charge is 2.26. The molecule has 198 valence electrons. The Labute approximate surface area is 233 Å². The second kappa shape index (κ2) is 12.5. The number of rotatable bonds is 10. The van der Waals surface area contributed by atoms with Crippen molar-refractivity contribution < 1.29 is 19.1 Å². The molecule has 0 fully saturated rings. The van der Waals surface area contributed by atoms with Crippen LogP contribution < -0.4 is 19.7 Å². The Hall–Kier alpha value is -4.29. The SMILES string of the molecule is O=C(CC(c1ccccc1)c1ccccc1)Nc1ccc2c(c1)N(CCCOc1ccc(Cl)cc1)C(=O)CO2. The van der Waals surface area contributed by atoms with Crippen molar-refractivity contribution in [2.45, 2.75) is 18.8 Å². The van der Waals surface area contributed by atoms with E-state index in [0.29, 0.717) is 41.7 Å². The van der Waals surface area contributed by atoms with Gasteiger partial charge in [-0.05, 0) is 60.0 Å². The van der Waals surface area contributed by atoms with Crippen molar-refractivity contribution >= 4 is 34.8 Å². The molecule has 5 rings (SSSR count). The number of halogens is 1. The number of nitrogens with zero attached hydrogens (tertiary/aromatic N) is 1. The number of carbonyl (C=O) groups excluding carboxylic acids is 2. The molecule has 0 spiro atoms. The number of amides is 2. The largest absolute Gasteiger partial charge is 0.494 e. The second-order valence-corrected chi connectivity index (χ2v) is 9.74. The summed E-state index contributed by atoms with van der Waals surface area (Å²) in [6.45, 7) is 0.884. The second-order valence-electron chi connectivity index (χ2n) is 9.30. The molecule has 0 bridgehead atoms. The van der Waals surface area contributed by atoms with Crippen LogP contribution in [-0.2, 0) is 9.59 Å². The molecule has 0 saturated carbocycles. The Morgan fingerprint density at radius 1 is 0.923 bits per heavy atom. The summed E-state index contributed by atoms with van der Waals surface area (Å²) in [6, 6.07) is 32.6. The number of anilines is 2. The maximum Gasteiger partial charge on any atom is 0.265 e. The molecule has 4 aromatic rings. The van der Waals surface area contributed by atoms with Crippen LogP contribution in [0.3, 0.4) is 0 Å². The van der Waals surface area contributed by atoms with Gasteiger partial charge in [-0.25, -0.2) is 0 Å². The molecule has 0 radical (unpaired) electrons. The summed E-state index contributed by atoms with van der Waals surface area (Å²) in [5.74, 6) is 1.01. The number of hydrogen-bond donors (Lipinski definition) is 1. The van der Waals surface area contributed by atoms with Gasteiger partial charge in [-0.3, -0.25) is 9.59 Å². The van der Waals surface area contributed by atoms with Gasteiger partial charge in [0, 0.05) is 29.6 Å². The lowest BCUT2D eigenvalue weighted by atomic mass is 9.88. The highest BCUT2D eigenvalue weighted by Crippen LogP contribution is 2.35. The summed E-state index contributed by atoms with van der Waals surface area (Å²) >= 11 is 5.93. The lowest BCUT2D eigenvalue weighted by molar-refractivity contribution is -0.121. The third-order valence-electron chi connectivity index (χ3n) is 6.59. The van der Waals surface area contributed by atoms with Gasteiger partial charge in [-0.2, -0.15) is 0 Å². The molecule has 0 aliphatic carbocycles. The van der Waals surface area contributed by atoms with Crippen LogP contribution in [0.25, 0.3) is 0 Å². The van der Waals surface area contributed by atoms with Gasteiger partial charge in [0.25, 0.3) is 5.91 Å². The van der Waals surface area contributed by atoms with E-state index in [2.05, 4.69) is 5.32 Å². The van der Waals surface area contributed by atoms with Crippen LogP contribution in [-0.4, -0.2) is 31.6 Å². The molecule has 7 heteroatoms. The molecule has 1 heterocycles. The van der Waals surface area contributed by atoms with Gasteiger partial charge in [0.2, 0.25) is 5.91 Å². The van der Waals surface area contributed by atoms with E-state index >= 15 is 0 Å². The monoisotopic (exact) mass is 540 g/mol. The lowest BCUT2D eigenvalue weighted by Crippen LogP contribution is -2.39. The van der Waals surface area contributed by atoms with Crippen LogP contribution in [0.1, 0.15) is 29.9 Å². The first-order valence-corrected chi connectivity index (χ1v) is 13.3. The van der Waals surface area contributed by atoms with Gasteiger partial charge in [0.1, 0.15) is 11.5 Å². The summed E-state index contributed by atoms with van der Waals surface area (Å²) in [7, 11) is 0. The van der Waals surface area contributed by atoms with E-state index in [4.69, 9.17) is 21.1 Å². The molecule has 1 N–H and O–H groups in total. The van der Waals surface area contributed by atoms with Crippen molar-refractivity contribution in [1.29, 1.82) is 0 Å². The fourth-order valence-corrected chi connectivity index (χ4v) is 4.79. The van der Waals surface area contributed by atoms with Crippen molar-refractivity contribution in [1.82, 2.24) is 0 Å². The van der Waals surface area contributed by atoms with Crippen molar-refractivity contribution in [3.63, 3.8) is 0 Å². The van der Waals surface area contributed by atoms with Crippen molar-refractivity contribution in [3.8, 4) is 11.5 Å². The first kappa shape index (κ1) is 26.3. The van der Waals surface area contributed by atoms with E-state index < -0.39 is 0 Å². The third kappa shape index (κ3) is 6.78. The summed E-state index contributed by atoms with van der Waals surface area (Å²) in [4.78, 5) is 27.6. The van der Waals surface area contributed by atoms with Crippen LogP contribution in [0, 0.1) is 0 Å². The molecule has 39 heavy (non-hydrogen) atoms. The highest BCUT2D eigenvalue weighted by molar-refractivity contribution is 6.30. The van der Waals surface area contributed by atoms with Gasteiger partial charge in [0.05, 0.1) is 12.3 Å². The fourth-order valence-electron chi connectivity index (χ4n) is 4.66. The minimum atomic E-state index is -0.134. The molecule has 1 aliphatic heterocycles. The fraction of sp³-hybridized carbons (Fsp3) is 0.188. The molecular formula is C32H29ClN2O4. The predicted molar refractivity (Wildman–Crippen MR) is 154 cm³/mol. The maximum absolute atomic E-state index is 13.2. The molecule has 2 amide bonds. The molecule has 0 atom stereocenters. The van der Waals surface area contributed by atoms with Crippen LogP contribution >= 0.6 is 11.6 Å². The molecule has 4 aromatic carbocycles. The van der Waals surface area contributed by atoms with E-state index in [1.807, 2.05) is 72.8 Å². The van der Waals surface area contributed by atoms with Crippen molar-refractivity contribution in [2.24, 2.45) is 0 Å². The first-order valence-electron chi connectivity index (χ1n) is 12.9. The number of fused-ring (bicyclic) bond motifs is 1. The molecule has 0 saturated heterocycles. The van der Waals surface area contributed by atoms with Gasteiger partial charge in [-0.15, -0.1) is 0 Å². The molecule has 6 nitrogen and oxygen atoms in total. The van der Waals surface area contributed by atoms with E-state index in [1.54, 1.807) is 35.2 Å². The number of ether oxygens (including phenoxy) is 2. The quantitative estimate of drug-likeness (QED) is 0.227. The highest BCUT2D eigenvalue weighted by atomic mass is 35.5. The molecule has 0 unspecified atom stereocenters. The van der Waals surface area contributed by atoms with E-state index in [0.717, 1.165) is 16.9 Å². The Balaban J connectivity index is 1.25. The van der Waals surface area contributed by atoms with E-state index in [9.17, 15) is 9.59 Å². The van der Waals surface area contributed by atoms with Crippen LogP contribution in [0.2, 0.25) is 5.02 Å². The zero-order valence-corrected chi connectivity index (χ0v) is 22.1. The Morgan fingerprint density at radius 2 is 1.59 bits per heavy atom. The number of benzene rings is 4. The minimum absolute atomic E-state index is 0.0213. The van der Waals surface area contributed by atoms with Gasteiger partial charge in [0.15, 0.2) is 6.61 Å². The predicted octanol–water partition coefficient (Wildman–Crippen LogP) is 6.70. The number of nitrogens with one attached hydrogen (secondary N) is 1. The summed E-state index contributed by atoms with van der Waals surface area (Å²) in [5.41, 5.74) is 3.41. The van der Waals surface area contributed by atoms with Crippen LogP contribution in [0.5, 0.6) is 11.5 Å². The summed E-state index contributed by atoms with van der Waals surface area (Å²) in [6.07, 6.45) is 0.909. The van der Waals surface area contributed by atoms with Crippen molar-refractivity contribution in [3.05, 3.63) is 119 Å². The number of hydrogen-bond acceptors (Lipinski definition) is 4. The third-order valence-corrected chi connectivity index (χ3v) is 6.84. The van der Waals surface area contributed by atoms with Gasteiger partial charge < -0.3 is 19.7 Å². The van der Waals surface area contributed by atoms with E-state index in [1.165, 1.54) is 0 Å². The molecule has 1 aliphatic rings. The Bertz CT molecular complexity index is 1370. The average Bonchev–Trinajstić information content (AvgIpc) is 2.97. The standard InChI is InChI=1S/C32H29ClN2O4/c33-25-12-15-27(16-13-25)38-19-7-18-35-29-20-26(14-17-30(29)39-22-32(35)37)34-31(36)21-28(23-8-3-1-4-9-23)24-10-5-2-6-11-24/h1-6,8-17,20,28H,7,18-19,21-22H2,(H,34,36). The van der Waals surface area contributed by atoms with E-state index in [-0.39, 0.29) is 30.8 Å². The maximum atomic E-state index is 13.2. The van der Waals surface area contributed by atoms with Crippen LogP contribution in [0.4, 0.5) is 11.4 Å². The molecule has 0 aromatic heterocycles. The summed E-state index contributed by atoms with van der Waals surface area (Å²) in [5, 5.41) is 3.67. The number of carbonyl (C=O) groups is 2. The van der Waals surface area contributed by atoms with Gasteiger partial charge >= 0.3 is 0 Å². The van der Waals surface area contributed by atoms with Gasteiger partial charge in [-0.1, -0.05) is 72.3 Å². The zero-order valence-electron chi connectivity index (χ0n) is 21.4. The average molecular weight is 541 g/mol. The smallest absolute Gasteiger partial charge is 0.265 e. The topological polar surface area (TPSA) is 67.9 Å². The van der Waals surface area contributed by atoms with Crippen molar-refractivity contribution in [2.75, 3.05) is 30.0 Å². The zero-order chi connectivity index (χ0) is 27.0. The lowest BCUT2D eigenvalue weighted by Gasteiger charge is -2.30. The Morgan fingerprint density at radius 3 is 2.26 bits per heavy atom.